The highest BCUT2D eigenvalue weighted by Crippen LogP contribution is 2.31. The van der Waals surface area contributed by atoms with Crippen molar-refractivity contribution in [1.29, 1.82) is 0 Å². The van der Waals surface area contributed by atoms with Crippen LogP contribution in [-0.4, -0.2) is 51.5 Å². The molecule has 3 rings (SSSR count). The van der Waals surface area contributed by atoms with Crippen molar-refractivity contribution < 1.29 is 21.6 Å². The maximum atomic E-state index is 11.8. The van der Waals surface area contributed by atoms with Gasteiger partial charge in [0.2, 0.25) is 10.0 Å². The summed E-state index contributed by atoms with van der Waals surface area (Å²) in [5.74, 6) is 0.984. The molecule has 1 fully saturated rings. The summed E-state index contributed by atoms with van der Waals surface area (Å²) in [6.07, 6.45) is 1.45. The van der Waals surface area contributed by atoms with E-state index in [0.29, 0.717) is 17.9 Å². The zero-order valence-electron chi connectivity index (χ0n) is 13.8. The van der Waals surface area contributed by atoms with Crippen molar-refractivity contribution in [3.05, 3.63) is 30.3 Å². The van der Waals surface area contributed by atoms with E-state index in [4.69, 9.17) is 4.74 Å². The molecule has 1 aliphatic heterocycles. The fraction of sp³-hybridized carbons (Fsp3) is 0.400. The quantitative estimate of drug-likeness (QED) is 0.831. The Labute approximate surface area is 146 Å². The Morgan fingerprint density at radius 2 is 1.96 bits per heavy atom. The predicted octanol–water partition coefficient (Wildman–Crippen LogP) is 1.29. The molecule has 1 unspecified atom stereocenters. The average Bonchev–Trinajstić information content (AvgIpc) is 3.09. The topological polar surface area (TPSA) is 107 Å². The summed E-state index contributed by atoms with van der Waals surface area (Å²) in [7, 11) is -5.07. The molecule has 1 saturated heterocycles. The number of anilines is 1. The predicted molar refractivity (Wildman–Crippen MR) is 95.0 cm³/mol. The summed E-state index contributed by atoms with van der Waals surface area (Å²) >= 11 is 0. The molecule has 0 saturated carbocycles. The molecule has 1 aliphatic rings. The minimum Gasteiger partial charge on any atom is -0.497 e. The van der Waals surface area contributed by atoms with Gasteiger partial charge < -0.3 is 4.74 Å². The van der Waals surface area contributed by atoms with E-state index < -0.39 is 19.9 Å². The monoisotopic (exact) mass is 385 g/mol. The largest absolute Gasteiger partial charge is 0.497 e. The number of sulfone groups is 1. The third kappa shape index (κ3) is 4.13. The minimum atomic E-state index is -3.52. The van der Waals surface area contributed by atoms with Crippen LogP contribution in [0.25, 0.3) is 11.3 Å². The van der Waals surface area contributed by atoms with Crippen molar-refractivity contribution in [2.75, 3.05) is 29.6 Å². The Balaban J connectivity index is 2.01. The van der Waals surface area contributed by atoms with Crippen molar-refractivity contribution >= 4 is 25.7 Å². The third-order valence-corrected chi connectivity index (χ3v) is 6.30. The van der Waals surface area contributed by atoms with Crippen LogP contribution in [0.1, 0.15) is 12.5 Å². The molecule has 2 aromatic rings. The van der Waals surface area contributed by atoms with Crippen molar-refractivity contribution in [2.45, 2.75) is 12.5 Å². The van der Waals surface area contributed by atoms with Crippen LogP contribution in [0.2, 0.25) is 0 Å². The van der Waals surface area contributed by atoms with Crippen molar-refractivity contribution in [2.24, 2.45) is 0 Å². The van der Waals surface area contributed by atoms with E-state index >= 15 is 0 Å². The highest BCUT2D eigenvalue weighted by molar-refractivity contribution is 7.92. The SMILES string of the molecule is COc1ccc(-c2cc(NS(C)(=O)=O)n(C3CCS(=O)(=O)C3)n2)cc1. The number of nitrogens with one attached hydrogen (secondary N) is 1. The summed E-state index contributed by atoms with van der Waals surface area (Å²) < 4.78 is 55.8. The number of hydrogen-bond acceptors (Lipinski definition) is 6. The van der Waals surface area contributed by atoms with Crippen molar-refractivity contribution in [3.8, 4) is 17.0 Å². The number of nitrogens with zero attached hydrogens (tertiary/aromatic N) is 2. The lowest BCUT2D eigenvalue weighted by molar-refractivity contribution is 0.415. The number of hydrogen-bond donors (Lipinski definition) is 1. The number of ether oxygens (including phenoxy) is 1. The molecule has 136 valence electrons. The molecular formula is C15H19N3O5S2. The maximum absolute atomic E-state index is 11.8. The molecule has 0 spiro atoms. The van der Waals surface area contributed by atoms with E-state index in [2.05, 4.69) is 9.82 Å². The number of aromatic nitrogens is 2. The van der Waals surface area contributed by atoms with Gasteiger partial charge in [-0.05, 0) is 30.7 Å². The van der Waals surface area contributed by atoms with E-state index in [9.17, 15) is 16.8 Å². The summed E-state index contributed by atoms with van der Waals surface area (Å²) in [4.78, 5) is 0. The molecule has 0 radical (unpaired) electrons. The summed E-state index contributed by atoms with van der Waals surface area (Å²) in [5, 5.41) is 4.45. The van der Waals surface area contributed by atoms with Crippen molar-refractivity contribution in [3.63, 3.8) is 0 Å². The summed E-state index contributed by atoms with van der Waals surface area (Å²) in [5.41, 5.74) is 1.33. The fourth-order valence-corrected chi connectivity index (χ4v) is 5.03. The highest BCUT2D eigenvalue weighted by atomic mass is 32.2. The molecule has 10 heteroatoms. The zero-order chi connectivity index (χ0) is 18.2. The summed E-state index contributed by atoms with van der Waals surface area (Å²) in [6, 6.07) is 8.38. The first kappa shape index (κ1) is 17.7. The van der Waals surface area contributed by atoms with Crippen LogP contribution in [0, 0.1) is 0 Å². The molecule has 0 amide bonds. The molecule has 1 aromatic heterocycles. The molecule has 1 N–H and O–H groups in total. The molecule has 0 aliphatic carbocycles. The smallest absolute Gasteiger partial charge is 0.230 e. The number of benzene rings is 1. The van der Waals surface area contributed by atoms with Crippen molar-refractivity contribution in [1.82, 2.24) is 9.78 Å². The molecule has 8 nitrogen and oxygen atoms in total. The normalized spacial score (nSPS) is 19.7. The van der Waals surface area contributed by atoms with Crippen LogP contribution in [0.15, 0.2) is 30.3 Å². The van der Waals surface area contributed by atoms with Crippen LogP contribution >= 0.6 is 0 Å². The molecule has 0 bridgehead atoms. The fourth-order valence-electron chi connectivity index (χ4n) is 2.81. The van der Waals surface area contributed by atoms with Gasteiger partial charge in [-0.1, -0.05) is 0 Å². The summed E-state index contributed by atoms with van der Waals surface area (Å²) in [6.45, 7) is 0. The third-order valence-electron chi connectivity index (χ3n) is 3.97. The Morgan fingerprint density at radius 3 is 2.48 bits per heavy atom. The first-order valence-electron chi connectivity index (χ1n) is 7.59. The molecular weight excluding hydrogens is 366 g/mol. The van der Waals surface area contributed by atoms with Crippen LogP contribution in [0.4, 0.5) is 5.82 Å². The van der Waals surface area contributed by atoms with Crippen LogP contribution in [0.3, 0.4) is 0 Å². The van der Waals surface area contributed by atoms with Gasteiger partial charge >= 0.3 is 0 Å². The lowest BCUT2D eigenvalue weighted by Crippen LogP contribution is -2.18. The Kier molecular flexibility index (Phi) is 4.50. The first-order valence-corrected chi connectivity index (χ1v) is 11.3. The van der Waals surface area contributed by atoms with E-state index in [1.54, 1.807) is 37.4 Å². The highest BCUT2D eigenvalue weighted by Gasteiger charge is 2.32. The van der Waals surface area contributed by atoms with Gasteiger partial charge in [-0.15, -0.1) is 0 Å². The second-order valence-electron chi connectivity index (χ2n) is 6.02. The Morgan fingerprint density at radius 1 is 1.28 bits per heavy atom. The van der Waals surface area contributed by atoms with Gasteiger partial charge in [-0.3, -0.25) is 4.72 Å². The Bertz CT molecular complexity index is 979. The minimum absolute atomic E-state index is 0.0465. The number of methoxy groups -OCH3 is 1. The molecule has 1 atom stereocenters. The second kappa shape index (κ2) is 6.34. The lowest BCUT2D eigenvalue weighted by Gasteiger charge is -2.13. The lowest BCUT2D eigenvalue weighted by atomic mass is 10.1. The number of sulfonamides is 1. The van der Waals surface area contributed by atoms with Gasteiger partial charge in [0.25, 0.3) is 0 Å². The molecule has 2 heterocycles. The molecule has 1 aromatic carbocycles. The van der Waals surface area contributed by atoms with Crippen LogP contribution < -0.4 is 9.46 Å². The van der Waals surface area contributed by atoms with Gasteiger partial charge in [-0.25, -0.2) is 21.5 Å². The zero-order valence-corrected chi connectivity index (χ0v) is 15.5. The van der Waals surface area contributed by atoms with Gasteiger partial charge in [0.15, 0.2) is 9.84 Å². The van der Waals surface area contributed by atoms with Crippen LogP contribution in [-0.2, 0) is 19.9 Å². The standard InChI is InChI=1S/C15H19N3O5S2/c1-23-13-5-3-11(4-6-13)14-9-15(17-24(2,19)20)18(16-14)12-7-8-25(21,22)10-12/h3-6,9,12,17H,7-8,10H2,1-2H3. The average molecular weight is 385 g/mol. The number of rotatable bonds is 5. The van der Waals surface area contributed by atoms with Gasteiger partial charge in [0.05, 0.1) is 36.6 Å². The molecule has 25 heavy (non-hydrogen) atoms. The van der Waals surface area contributed by atoms with Gasteiger partial charge in [0, 0.05) is 11.6 Å². The van der Waals surface area contributed by atoms with E-state index in [0.717, 1.165) is 11.8 Å². The van der Waals surface area contributed by atoms with E-state index in [1.165, 1.54) is 4.68 Å². The van der Waals surface area contributed by atoms with E-state index in [1.807, 2.05) is 0 Å². The van der Waals surface area contributed by atoms with E-state index in [-0.39, 0.29) is 23.4 Å². The van der Waals surface area contributed by atoms with Gasteiger partial charge in [-0.2, -0.15) is 5.10 Å². The second-order valence-corrected chi connectivity index (χ2v) is 10.00. The van der Waals surface area contributed by atoms with Gasteiger partial charge in [0.1, 0.15) is 11.6 Å². The maximum Gasteiger partial charge on any atom is 0.230 e. The first-order chi connectivity index (χ1) is 11.7. The Hall–Kier alpha value is -2.07. The van der Waals surface area contributed by atoms with Crippen LogP contribution in [0.5, 0.6) is 5.75 Å².